The first kappa shape index (κ1) is 17.3. The van der Waals surface area contributed by atoms with Crippen molar-refractivity contribution < 1.29 is 4.79 Å². The molecule has 0 radical (unpaired) electrons. The summed E-state index contributed by atoms with van der Waals surface area (Å²) in [6.07, 6.45) is 3.22. The Hall–Kier alpha value is -1.04. The number of rotatable bonds is 6. The van der Waals surface area contributed by atoms with Crippen LogP contribution in [0.1, 0.15) is 12.0 Å². The van der Waals surface area contributed by atoms with E-state index in [1.807, 2.05) is 11.9 Å². The maximum Gasteiger partial charge on any atom is 0.236 e. The van der Waals surface area contributed by atoms with E-state index in [0.29, 0.717) is 19.1 Å². The van der Waals surface area contributed by atoms with Crippen LogP contribution in [0.15, 0.2) is 29.2 Å². The van der Waals surface area contributed by atoms with Gasteiger partial charge in [-0.1, -0.05) is 12.1 Å². The molecule has 0 aliphatic carbocycles. The molecule has 0 bridgehead atoms. The summed E-state index contributed by atoms with van der Waals surface area (Å²) in [4.78, 5) is 20.0. The van der Waals surface area contributed by atoms with Gasteiger partial charge in [-0.05, 0) is 44.5 Å². The van der Waals surface area contributed by atoms with Crippen LogP contribution < -0.4 is 0 Å². The van der Waals surface area contributed by atoms with Crippen LogP contribution in [0.2, 0.25) is 0 Å². The maximum absolute atomic E-state index is 12.4. The quantitative estimate of drug-likeness (QED) is 0.749. The summed E-state index contributed by atoms with van der Waals surface area (Å²) in [6, 6.07) is 8.98. The Morgan fingerprint density at radius 3 is 2.77 bits per heavy atom. The van der Waals surface area contributed by atoms with E-state index in [2.05, 4.69) is 54.4 Å². The van der Waals surface area contributed by atoms with Gasteiger partial charge in [0, 0.05) is 37.6 Å². The molecule has 1 atom stereocenters. The molecule has 1 aromatic rings. The molecular weight excluding hydrogens is 294 g/mol. The zero-order valence-electron chi connectivity index (χ0n) is 14.1. The average Bonchev–Trinajstić information content (AvgIpc) is 2.96. The molecule has 1 fully saturated rings. The molecule has 1 amide bonds. The molecule has 1 aliphatic rings. The van der Waals surface area contributed by atoms with E-state index in [0.717, 1.165) is 19.5 Å². The minimum absolute atomic E-state index is 0.203. The van der Waals surface area contributed by atoms with Crippen molar-refractivity contribution in [1.29, 1.82) is 0 Å². The van der Waals surface area contributed by atoms with Crippen LogP contribution in [0.5, 0.6) is 0 Å². The molecule has 122 valence electrons. The molecule has 0 aromatic heterocycles. The van der Waals surface area contributed by atoms with E-state index in [-0.39, 0.29) is 5.91 Å². The van der Waals surface area contributed by atoms with Crippen molar-refractivity contribution in [3.8, 4) is 0 Å². The molecule has 22 heavy (non-hydrogen) atoms. The highest BCUT2D eigenvalue weighted by molar-refractivity contribution is 7.98. The van der Waals surface area contributed by atoms with Crippen molar-refractivity contribution in [2.75, 3.05) is 47.0 Å². The number of amides is 1. The van der Waals surface area contributed by atoms with E-state index in [4.69, 9.17) is 0 Å². The Labute approximate surface area is 138 Å². The smallest absolute Gasteiger partial charge is 0.236 e. The van der Waals surface area contributed by atoms with Gasteiger partial charge in [-0.25, -0.2) is 0 Å². The van der Waals surface area contributed by atoms with Crippen LogP contribution in [0.4, 0.5) is 0 Å². The molecule has 1 unspecified atom stereocenters. The van der Waals surface area contributed by atoms with Gasteiger partial charge in [-0.2, -0.15) is 0 Å². The molecule has 0 N–H and O–H groups in total. The number of thioether (sulfide) groups is 1. The predicted molar refractivity (Wildman–Crippen MR) is 93.2 cm³/mol. The number of likely N-dealkylation sites (N-methyl/N-ethyl adjacent to an activating group) is 2. The molecule has 1 aromatic carbocycles. The number of nitrogens with zero attached hydrogens (tertiary/aromatic N) is 3. The van der Waals surface area contributed by atoms with Crippen LogP contribution in [0.25, 0.3) is 0 Å². The topological polar surface area (TPSA) is 26.8 Å². The van der Waals surface area contributed by atoms with Crippen LogP contribution in [0.3, 0.4) is 0 Å². The van der Waals surface area contributed by atoms with Gasteiger partial charge in [0.05, 0.1) is 6.54 Å². The van der Waals surface area contributed by atoms with E-state index >= 15 is 0 Å². The van der Waals surface area contributed by atoms with Gasteiger partial charge < -0.3 is 9.80 Å². The fraction of sp³-hybridized carbons (Fsp3) is 0.588. The summed E-state index contributed by atoms with van der Waals surface area (Å²) < 4.78 is 0. The van der Waals surface area contributed by atoms with Crippen LogP contribution in [-0.2, 0) is 11.3 Å². The number of likely N-dealkylation sites (tertiary alicyclic amines) is 1. The lowest BCUT2D eigenvalue weighted by Gasteiger charge is -2.23. The molecule has 1 aliphatic heterocycles. The highest BCUT2D eigenvalue weighted by Crippen LogP contribution is 2.17. The third kappa shape index (κ3) is 4.73. The highest BCUT2D eigenvalue weighted by Gasteiger charge is 2.26. The third-order valence-electron chi connectivity index (χ3n) is 4.32. The molecule has 5 heteroatoms. The summed E-state index contributed by atoms with van der Waals surface area (Å²) >= 11 is 1.73. The second-order valence-electron chi connectivity index (χ2n) is 6.24. The highest BCUT2D eigenvalue weighted by atomic mass is 32.2. The van der Waals surface area contributed by atoms with E-state index < -0.39 is 0 Å². The minimum atomic E-state index is 0.203. The summed E-state index contributed by atoms with van der Waals surface area (Å²) in [5.41, 5.74) is 1.19. The van der Waals surface area contributed by atoms with E-state index in [1.54, 1.807) is 11.8 Å². The maximum atomic E-state index is 12.4. The first-order chi connectivity index (χ1) is 10.5. The Balaban J connectivity index is 1.84. The summed E-state index contributed by atoms with van der Waals surface area (Å²) in [5.74, 6) is 0.203. The molecule has 1 saturated heterocycles. The number of hydrogen-bond acceptors (Lipinski definition) is 4. The normalized spacial score (nSPS) is 18.9. The zero-order valence-corrected chi connectivity index (χ0v) is 14.9. The van der Waals surface area contributed by atoms with Gasteiger partial charge in [-0.3, -0.25) is 9.69 Å². The Morgan fingerprint density at radius 2 is 2.14 bits per heavy atom. The van der Waals surface area contributed by atoms with Crippen molar-refractivity contribution in [1.82, 2.24) is 14.7 Å². The lowest BCUT2D eigenvalue weighted by atomic mass is 10.2. The summed E-state index contributed by atoms with van der Waals surface area (Å²) in [7, 11) is 6.12. The molecule has 4 nitrogen and oxygen atoms in total. The number of carbonyl (C=O) groups excluding carboxylic acids is 1. The molecular formula is C17H27N3OS. The first-order valence-corrected chi connectivity index (χ1v) is 8.97. The Kier molecular flexibility index (Phi) is 6.29. The van der Waals surface area contributed by atoms with Crippen LogP contribution in [0, 0.1) is 0 Å². The summed E-state index contributed by atoms with van der Waals surface area (Å²) in [6.45, 7) is 3.22. The van der Waals surface area contributed by atoms with Crippen LogP contribution >= 0.6 is 11.8 Å². The minimum Gasteiger partial charge on any atom is -0.340 e. The molecule has 0 spiro atoms. The van der Waals surface area contributed by atoms with E-state index in [1.165, 1.54) is 10.5 Å². The largest absolute Gasteiger partial charge is 0.340 e. The lowest BCUT2D eigenvalue weighted by molar-refractivity contribution is -0.131. The number of benzene rings is 1. The van der Waals surface area contributed by atoms with Gasteiger partial charge in [0.15, 0.2) is 0 Å². The predicted octanol–water partition coefficient (Wildman–Crippen LogP) is 2.00. The van der Waals surface area contributed by atoms with Crippen LogP contribution in [-0.4, -0.2) is 73.7 Å². The fourth-order valence-corrected chi connectivity index (χ4v) is 3.31. The van der Waals surface area contributed by atoms with Crippen molar-refractivity contribution >= 4 is 17.7 Å². The SMILES string of the molecule is CSc1cccc(CN(C)C(=O)CN2CCC(N(C)C)C2)c1. The second-order valence-corrected chi connectivity index (χ2v) is 7.12. The van der Waals surface area contributed by atoms with Crippen molar-refractivity contribution in [2.45, 2.75) is 23.9 Å². The Bertz CT molecular complexity index is 506. The molecule has 0 saturated carbocycles. The Morgan fingerprint density at radius 1 is 1.36 bits per heavy atom. The van der Waals surface area contributed by atoms with Crippen molar-refractivity contribution in [3.63, 3.8) is 0 Å². The van der Waals surface area contributed by atoms with E-state index in [9.17, 15) is 4.79 Å². The fourth-order valence-electron chi connectivity index (χ4n) is 2.82. The van der Waals surface area contributed by atoms with Gasteiger partial charge >= 0.3 is 0 Å². The standard InChI is InChI=1S/C17H27N3OS/c1-18(2)15-8-9-20(12-15)13-17(21)19(3)11-14-6-5-7-16(10-14)22-4/h5-7,10,15H,8-9,11-13H2,1-4H3. The lowest BCUT2D eigenvalue weighted by Crippen LogP contribution is -2.38. The van der Waals surface area contributed by atoms with Crippen molar-refractivity contribution in [2.24, 2.45) is 0 Å². The van der Waals surface area contributed by atoms with Crippen molar-refractivity contribution in [3.05, 3.63) is 29.8 Å². The molecule has 2 rings (SSSR count). The first-order valence-electron chi connectivity index (χ1n) is 7.75. The van der Waals surface area contributed by atoms with Gasteiger partial charge in [0.1, 0.15) is 0 Å². The molecule has 1 heterocycles. The average molecular weight is 321 g/mol. The van der Waals surface area contributed by atoms with Gasteiger partial charge in [0.2, 0.25) is 5.91 Å². The van der Waals surface area contributed by atoms with Gasteiger partial charge in [-0.15, -0.1) is 11.8 Å². The third-order valence-corrected chi connectivity index (χ3v) is 5.04. The summed E-state index contributed by atoms with van der Waals surface area (Å²) in [5, 5.41) is 0. The van der Waals surface area contributed by atoms with Gasteiger partial charge in [0.25, 0.3) is 0 Å². The second kappa shape index (κ2) is 7.99. The zero-order chi connectivity index (χ0) is 16.1. The number of hydrogen-bond donors (Lipinski definition) is 0. The number of carbonyl (C=O) groups is 1. The monoisotopic (exact) mass is 321 g/mol.